The van der Waals surface area contributed by atoms with Crippen molar-refractivity contribution in [3.63, 3.8) is 0 Å². The molecule has 1 saturated carbocycles. The molecule has 0 radical (unpaired) electrons. The zero-order valence-corrected chi connectivity index (χ0v) is 18.8. The monoisotopic (exact) mass is 457 g/mol. The van der Waals surface area contributed by atoms with Crippen LogP contribution in [0.2, 0.25) is 0 Å². The molecule has 2 aliphatic rings. The quantitative estimate of drug-likeness (QED) is 0.555. The second kappa shape index (κ2) is 10.7. The summed E-state index contributed by atoms with van der Waals surface area (Å²) in [7, 11) is 1.53. The SMILES string of the molecule is COc1cc(CC(=O)Nc2cc(C3CCC(N(CC4CCOCC4)C(=O)O)C3)[nH]n2)ccn1. The third kappa shape index (κ3) is 6.01. The minimum Gasteiger partial charge on any atom is -0.481 e. The Morgan fingerprint density at radius 1 is 1.27 bits per heavy atom. The van der Waals surface area contributed by atoms with Crippen molar-refractivity contribution in [2.75, 3.05) is 32.2 Å². The molecule has 33 heavy (non-hydrogen) atoms. The first kappa shape index (κ1) is 23.0. The molecule has 1 aliphatic heterocycles. The van der Waals surface area contributed by atoms with Crippen LogP contribution in [0, 0.1) is 5.92 Å². The lowest BCUT2D eigenvalue weighted by Crippen LogP contribution is -2.42. The van der Waals surface area contributed by atoms with Crippen molar-refractivity contribution in [3.05, 3.63) is 35.7 Å². The van der Waals surface area contributed by atoms with E-state index < -0.39 is 6.09 Å². The van der Waals surface area contributed by atoms with E-state index in [1.54, 1.807) is 23.2 Å². The Hall–Kier alpha value is -3.14. The van der Waals surface area contributed by atoms with Crippen LogP contribution in [0.5, 0.6) is 5.88 Å². The van der Waals surface area contributed by atoms with E-state index >= 15 is 0 Å². The van der Waals surface area contributed by atoms with E-state index in [0.29, 0.717) is 37.4 Å². The molecule has 1 aliphatic carbocycles. The fourth-order valence-corrected chi connectivity index (χ4v) is 4.77. The molecule has 2 atom stereocenters. The normalized spacial score (nSPS) is 21.0. The van der Waals surface area contributed by atoms with Gasteiger partial charge in [0.25, 0.3) is 0 Å². The van der Waals surface area contributed by atoms with E-state index in [2.05, 4.69) is 20.5 Å². The molecule has 4 rings (SSSR count). The van der Waals surface area contributed by atoms with Gasteiger partial charge >= 0.3 is 6.09 Å². The number of hydrogen-bond acceptors (Lipinski definition) is 6. The van der Waals surface area contributed by atoms with Gasteiger partial charge < -0.3 is 24.8 Å². The average Bonchev–Trinajstić information content (AvgIpc) is 3.48. The van der Waals surface area contributed by atoms with Crippen LogP contribution in [0.25, 0.3) is 0 Å². The molecule has 3 heterocycles. The third-order valence-electron chi connectivity index (χ3n) is 6.57. The number of carbonyl (C=O) groups excluding carboxylic acids is 1. The largest absolute Gasteiger partial charge is 0.481 e. The molecule has 10 heteroatoms. The number of rotatable bonds is 8. The summed E-state index contributed by atoms with van der Waals surface area (Å²) in [4.78, 5) is 30.0. The molecule has 178 valence electrons. The fourth-order valence-electron chi connectivity index (χ4n) is 4.77. The van der Waals surface area contributed by atoms with E-state index in [4.69, 9.17) is 9.47 Å². The highest BCUT2D eigenvalue weighted by Gasteiger charge is 2.35. The van der Waals surface area contributed by atoms with Crippen LogP contribution in [-0.4, -0.2) is 70.1 Å². The van der Waals surface area contributed by atoms with E-state index in [0.717, 1.165) is 43.4 Å². The van der Waals surface area contributed by atoms with Crippen LogP contribution in [0.15, 0.2) is 24.4 Å². The Morgan fingerprint density at radius 3 is 2.85 bits per heavy atom. The Labute approximate surface area is 192 Å². The van der Waals surface area contributed by atoms with Crippen LogP contribution in [0.3, 0.4) is 0 Å². The number of carboxylic acid groups (broad SMARTS) is 1. The number of H-pyrrole nitrogens is 1. The van der Waals surface area contributed by atoms with Crippen molar-refractivity contribution < 1.29 is 24.2 Å². The van der Waals surface area contributed by atoms with E-state index in [1.165, 1.54) is 7.11 Å². The van der Waals surface area contributed by atoms with Gasteiger partial charge in [0.1, 0.15) is 0 Å². The second-order valence-electron chi connectivity index (χ2n) is 8.79. The number of aromatic amines is 1. The van der Waals surface area contributed by atoms with Crippen LogP contribution < -0.4 is 10.1 Å². The van der Waals surface area contributed by atoms with E-state index in [1.807, 2.05) is 6.07 Å². The molecule has 3 N–H and O–H groups in total. The number of carbonyl (C=O) groups is 2. The van der Waals surface area contributed by atoms with Gasteiger partial charge in [-0.15, -0.1) is 0 Å². The van der Waals surface area contributed by atoms with Gasteiger partial charge in [-0.1, -0.05) is 0 Å². The second-order valence-corrected chi connectivity index (χ2v) is 8.79. The highest BCUT2D eigenvalue weighted by atomic mass is 16.5. The Kier molecular flexibility index (Phi) is 7.43. The summed E-state index contributed by atoms with van der Waals surface area (Å²) >= 11 is 0. The predicted molar refractivity (Wildman–Crippen MR) is 120 cm³/mol. The Balaban J connectivity index is 1.31. The molecule has 2 fully saturated rings. The molecule has 0 spiro atoms. The number of nitrogens with one attached hydrogen (secondary N) is 2. The summed E-state index contributed by atoms with van der Waals surface area (Å²) in [5, 5.41) is 19.9. The maximum atomic E-state index is 12.4. The van der Waals surface area contributed by atoms with Gasteiger partial charge in [-0.25, -0.2) is 9.78 Å². The maximum absolute atomic E-state index is 12.4. The standard InChI is InChI=1S/C23H31N5O5/c1-32-22-11-16(4-7-24-22)10-21(29)25-20-13-19(26-27-20)17-2-3-18(12-17)28(23(30)31)14-15-5-8-33-9-6-15/h4,7,11,13,15,17-18H,2-3,5-6,8-10,12,14H2,1H3,(H,30,31)(H2,25,26,27,29). The molecule has 2 unspecified atom stereocenters. The summed E-state index contributed by atoms with van der Waals surface area (Å²) in [6.45, 7) is 1.99. The summed E-state index contributed by atoms with van der Waals surface area (Å²) in [5.41, 5.74) is 1.72. The van der Waals surface area contributed by atoms with Crippen molar-refractivity contribution in [1.29, 1.82) is 0 Å². The zero-order chi connectivity index (χ0) is 23.2. The van der Waals surface area contributed by atoms with Gasteiger partial charge in [0, 0.05) is 55.7 Å². The molecular weight excluding hydrogens is 426 g/mol. The van der Waals surface area contributed by atoms with E-state index in [-0.39, 0.29) is 24.3 Å². The van der Waals surface area contributed by atoms with Gasteiger partial charge in [-0.2, -0.15) is 5.10 Å². The Morgan fingerprint density at radius 2 is 2.09 bits per heavy atom. The molecule has 1 saturated heterocycles. The molecule has 0 bridgehead atoms. The summed E-state index contributed by atoms with van der Waals surface area (Å²) in [5.74, 6) is 1.30. The highest BCUT2D eigenvalue weighted by molar-refractivity contribution is 5.91. The molecule has 2 amide bonds. The van der Waals surface area contributed by atoms with E-state index in [9.17, 15) is 14.7 Å². The first-order chi connectivity index (χ1) is 16.0. The summed E-state index contributed by atoms with van der Waals surface area (Å²) in [6, 6.07) is 5.34. The number of methoxy groups -OCH3 is 1. The number of hydrogen-bond donors (Lipinski definition) is 3. The van der Waals surface area contributed by atoms with Crippen LogP contribution >= 0.6 is 0 Å². The van der Waals surface area contributed by atoms with Crippen molar-refractivity contribution in [2.24, 2.45) is 5.92 Å². The smallest absolute Gasteiger partial charge is 0.407 e. The summed E-state index contributed by atoms with van der Waals surface area (Å²) < 4.78 is 10.5. The molecule has 2 aromatic rings. The van der Waals surface area contributed by atoms with Crippen LogP contribution in [0.4, 0.5) is 10.6 Å². The molecule has 2 aromatic heterocycles. The van der Waals surface area contributed by atoms with Crippen molar-refractivity contribution in [2.45, 2.75) is 50.5 Å². The van der Waals surface area contributed by atoms with Crippen molar-refractivity contribution in [1.82, 2.24) is 20.1 Å². The molecule has 10 nitrogen and oxygen atoms in total. The number of nitrogens with zero attached hydrogens (tertiary/aromatic N) is 3. The van der Waals surface area contributed by atoms with Gasteiger partial charge in [0.05, 0.1) is 13.5 Å². The van der Waals surface area contributed by atoms with Crippen molar-refractivity contribution >= 4 is 17.8 Å². The number of pyridine rings is 1. The maximum Gasteiger partial charge on any atom is 0.407 e. The number of aromatic nitrogens is 3. The minimum absolute atomic E-state index is 0.00152. The number of anilines is 1. The lowest BCUT2D eigenvalue weighted by atomic mass is 9.98. The topological polar surface area (TPSA) is 130 Å². The average molecular weight is 458 g/mol. The lowest BCUT2D eigenvalue weighted by molar-refractivity contribution is -0.115. The Bertz CT molecular complexity index is 958. The van der Waals surface area contributed by atoms with Gasteiger partial charge in [-0.3, -0.25) is 9.89 Å². The lowest BCUT2D eigenvalue weighted by Gasteiger charge is -2.32. The molecular formula is C23H31N5O5. The number of ether oxygens (including phenoxy) is 2. The third-order valence-corrected chi connectivity index (χ3v) is 6.57. The highest BCUT2D eigenvalue weighted by Crippen LogP contribution is 2.37. The van der Waals surface area contributed by atoms with Gasteiger partial charge in [0.2, 0.25) is 11.8 Å². The van der Waals surface area contributed by atoms with Crippen LogP contribution in [0.1, 0.15) is 49.3 Å². The first-order valence-corrected chi connectivity index (χ1v) is 11.4. The predicted octanol–water partition coefficient (Wildman–Crippen LogP) is 3.04. The fraction of sp³-hybridized carbons (Fsp3) is 0.565. The van der Waals surface area contributed by atoms with Gasteiger partial charge in [-0.05, 0) is 49.7 Å². The molecule has 0 aromatic carbocycles. The number of amides is 2. The van der Waals surface area contributed by atoms with Crippen LogP contribution in [-0.2, 0) is 16.0 Å². The van der Waals surface area contributed by atoms with Gasteiger partial charge in [0.15, 0.2) is 5.82 Å². The zero-order valence-electron chi connectivity index (χ0n) is 18.8. The minimum atomic E-state index is -0.850. The first-order valence-electron chi connectivity index (χ1n) is 11.4. The summed E-state index contributed by atoms with van der Waals surface area (Å²) in [6.07, 6.45) is 5.23. The van der Waals surface area contributed by atoms with Crippen molar-refractivity contribution in [3.8, 4) is 5.88 Å².